The van der Waals surface area contributed by atoms with E-state index in [-0.39, 0.29) is 24.5 Å². The number of aromatic hydroxyl groups is 1. The molecule has 0 heterocycles. The number of rotatable bonds is 5. The number of esters is 1. The van der Waals surface area contributed by atoms with Gasteiger partial charge in [0.05, 0.1) is 19.3 Å². The van der Waals surface area contributed by atoms with E-state index in [0.717, 1.165) is 0 Å². The number of phenolic OH excluding ortho intramolecular Hbond substituents is 1. The van der Waals surface area contributed by atoms with Crippen LogP contribution in [0.4, 0.5) is 0 Å². The number of carbonyl (C=O) groups excluding carboxylic acids is 2. The van der Waals surface area contributed by atoms with Crippen LogP contribution in [-0.2, 0) is 9.53 Å². The second kappa shape index (κ2) is 6.63. The summed E-state index contributed by atoms with van der Waals surface area (Å²) in [6, 6.07) is 4.34. The summed E-state index contributed by atoms with van der Waals surface area (Å²) in [7, 11) is 2.92. The molecule has 0 saturated heterocycles. The molecule has 6 nitrogen and oxygen atoms in total. The number of methoxy groups -OCH3 is 1. The first-order valence-corrected chi connectivity index (χ1v) is 5.77. The average molecular weight is 267 g/mol. The zero-order valence-corrected chi connectivity index (χ0v) is 11.2. The van der Waals surface area contributed by atoms with Crippen molar-refractivity contribution in [3.8, 4) is 11.5 Å². The Balaban J connectivity index is 2.79. The lowest BCUT2D eigenvalue weighted by atomic mass is 10.1. The molecule has 0 atom stereocenters. The third kappa shape index (κ3) is 3.87. The third-order valence-electron chi connectivity index (χ3n) is 2.45. The number of likely N-dealkylation sites (N-methyl/N-ethyl adjacent to an activating group) is 1. The molecule has 1 rings (SSSR count). The van der Waals surface area contributed by atoms with E-state index in [9.17, 15) is 14.7 Å². The van der Waals surface area contributed by atoms with Crippen LogP contribution in [0.5, 0.6) is 11.5 Å². The maximum atomic E-state index is 12.0. The molecule has 0 spiro atoms. The molecule has 1 aromatic rings. The molecule has 19 heavy (non-hydrogen) atoms. The highest BCUT2D eigenvalue weighted by Crippen LogP contribution is 2.24. The van der Waals surface area contributed by atoms with E-state index >= 15 is 0 Å². The summed E-state index contributed by atoms with van der Waals surface area (Å²) in [5, 5.41) is 9.74. The van der Waals surface area contributed by atoms with Gasteiger partial charge in [0.25, 0.3) is 5.91 Å². The highest BCUT2D eigenvalue weighted by molar-refractivity contribution is 5.98. The largest absolute Gasteiger partial charge is 0.507 e. The van der Waals surface area contributed by atoms with Gasteiger partial charge in [-0.15, -0.1) is 0 Å². The third-order valence-corrected chi connectivity index (χ3v) is 2.45. The zero-order chi connectivity index (χ0) is 14.4. The van der Waals surface area contributed by atoms with Crippen molar-refractivity contribution in [1.82, 2.24) is 4.90 Å². The molecule has 0 aliphatic rings. The Labute approximate surface area is 111 Å². The normalized spacial score (nSPS) is 9.84. The van der Waals surface area contributed by atoms with Crippen molar-refractivity contribution in [2.75, 3.05) is 27.3 Å². The first-order chi connectivity index (χ1) is 8.99. The minimum absolute atomic E-state index is 0.104. The topological polar surface area (TPSA) is 76.1 Å². The fourth-order valence-corrected chi connectivity index (χ4v) is 1.50. The van der Waals surface area contributed by atoms with Crippen molar-refractivity contribution < 1.29 is 24.2 Å². The molecular weight excluding hydrogens is 250 g/mol. The summed E-state index contributed by atoms with van der Waals surface area (Å²) in [5.41, 5.74) is 0.104. The minimum Gasteiger partial charge on any atom is -0.507 e. The van der Waals surface area contributed by atoms with Gasteiger partial charge in [-0.05, 0) is 19.1 Å². The Kier molecular flexibility index (Phi) is 5.17. The number of hydrogen-bond donors (Lipinski definition) is 1. The lowest BCUT2D eigenvalue weighted by molar-refractivity contribution is -0.143. The maximum absolute atomic E-state index is 12.0. The first kappa shape index (κ1) is 14.8. The van der Waals surface area contributed by atoms with E-state index in [4.69, 9.17) is 9.47 Å². The summed E-state index contributed by atoms with van der Waals surface area (Å²) in [4.78, 5) is 24.5. The predicted octanol–water partition coefficient (Wildman–Crippen LogP) is 1.04. The Hall–Kier alpha value is -2.24. The van der Waals surface area contributed by atoms with E-state index in [0.29, 0.717) is 5.75 Å². The van der Waals surface area contributed by atoms with Crippen LogP contribution in [0.25, 0.3) is 0 Å². The summed E-state index contributed by atoms with van der Waals surface area (Å²) in [6.45, 7) is 1.78. The summed E-state index contributed by atoms with van der Waals surface area (Å²) in [6.07, 6.45) is 0. The van der Waals surface area contributed by atoms with Crippen molar-refractivity contribution in [2.45, 2.75) is 6.92 Å². The fourth-order valence-electron chi connectivity index (χ4n) is 1.50. The number of carbonyl (C=O) groups is 2. The molecule has 6 heteroatoms. The van der Waals surface area contributed by atoms with E-state index < -0.39 is 11.9 Å². The predicted molar refractivity (Wildman–Crippen MR) is 68.3 cm³/mol. The fraction of sp³-hybridized carbons (Fsp3) is 0.385. The number of phenols is 1. The number of ether oxygens (including phenoxy) is 2. The number of hydrogen-bond acceptors (Lipinski definition) is 5. The number of nitrogens with zero attached hydrogens (tertiary/aromatic N) is 1. The molecule has 0 aromatic heterocycles. The van der Waals surface area contributed by atoms with Gasteiger partial charge in [-0.25, -0.2) is 0 Å². The van der Waals surface area contributed by atoms with Crippen molar-refractivity contribution >= 4 is 11.9 Å². The lowest BCUT2D eigenvalue weighted by Gasteiger charge is -2.17. The number of benzene rings is 1. The Bertz CT molecular complexity index is 472. The molecule has 0 aliphatic carbocycles. The molecule has 1 N–H and O–H groups in total. The lowest BCUT2D eigenvalue weighted by Crippen LogP contribution is -2.33. The maximum Gasteiger partial charge on any atom is 0.325 e. The highest BCUT2D eigenvalue weighted by atomic mass is 16.5. The van der Waals surface area contributed by atoms with Crippen LogP contribution in [0.15, 0.2) is 18.2 Å². The van der Waals surface area contributed by atoms with Crippen LogP contribution in [0, 0.1) is 0 Å². The van der Waals surface area contributed by atoms with Crippen molar-refractivity contribution in [3.05, 3.63) is 23.8 Å². The van der Waals surface area contributed by atoms with Gasteiger partial charge in [0, 0.05) is 13.1 Å². The molecule has 104 valence electrons. The van der Waals surface area contributed by atoms with Crippen molar-refractivity contribution in [3.63, 3.8) is 0 Å². The van der Waals surface area contributed by atoms with Gasteiger partial charge in [0.2, 0.25) is 0 Å². The second-order valence-corrected chi connectivity index (χ2v) is 3.85. The van der Waals surface area contributed by atoms with Crippen LogP contribution >= 0.6 is 0 Å². The minimum atomic E-state index is -0.494. The highest BCUT2D eigenvalue weighted by Gasteiger charge is 2.18. The van der Waals surface area contributed by atoms with Crippen LogP contribution < -0.4 is 4.74 Å². The van der Waals surface area contributed by atoms with E-state index in [1.807, 2.05) is 0 Å². The molecule has 1 aromatic carbocycles. The average Bonchev–Trinajstić information content (AvgIpc) is 2.37. The summed E-state index contributed by atoms with van der Waals surface area (Å²) >= 11 is 0. The second-order valence-electron chi connectivity index (χ2n) is 3.85. The van der Waals surface area contributed by atoms with Gasteiger partial charge in [-0.3, -0.25) is 9.59 Å². The molecule has 0 radical (unpaired) electrons. The summed E-state index contributed by atoms with van der Waals surface area (Å²) < 4.78 is 9.68. The molecule has 0 fully saturated rings. The Morgan fingerprint density at radius 1 is 1.37 bits per heavy atom. The van der Waals surface area contributed by atoms with Crippen LogP contribution in [-0.4, -0.2) is 49.2 Å². The smallest absolute Gasteiger partial charge is 0.325 e. The molecular formula is C13H17NO5. The van der Waals surface area contributed by atoms with Crippen molar-refractivity contribution in [1.29, 1.82) is 0 Å². The van der Waals surface area contributed by atoms with Gasteiger partial charge in [0.1, 0.15) is 18.0 Å². The van der Waals surface area contributed by atoms with Gasteiger partial charge in [0.15, 0.2) is 0 Å². The van der Waals surface area contributed by atoms with E-state index in [2.05, 4.69) is 0 Å². The molecule has 0 bridgehead atoms. The standard InChI is InChI=1S/C13H17NO5/c1-4-19-12(16)8-14(2)13(17)10-6-5-9(18-3)7-11(10)15/h5-7,15H,4,8H2,1-3H3. The molecule has 0 saturated carbocycles. The van der Waals surface area contributed by atoms with Gasteiger partial charge in [-0.2, -0.15) is 0 Å². The Morgan fingerprint density at radius 2 is 2.05 bits per heavy atom. The van der Waals surface area contributed by atoms with Crippen molar-refractivity contribution in [2.24, 2.45) is 0 Å². The van der Waals surface area contributed by atoms with E-state index in [1.165, 1.54) is 31.2 Å². The van der Waals surface area contributed by atoms with Gasteiger partial charge < -0.3 is 19.5 Å². The number of amides is 1. The van der Waals surface area contributed by atoms with E-state index in [1.54, 1.807) is 13.0 Å². The first-order valence-electron chi connectivity index (χ1n) is 5.77. The molecule has 0 unspecified atom stereocenters. The zero-order valence-electron chi connectivity index (χ0n) is 11.2. The van der Waals surface area contributed by atoms with Crippen LogP contribution in [0.3, 0.4) is 0 Å². The monoisotopic (exact) mass is 267 g/mol. The summed E-state index contributed by atoms with van der Waals surface area (Å²) in [5.74, 6) is -0.707. The SMILES string of the molecule is CCOC(=O)CN(C)C(=O)c1ccc(OC)cc1O. The quantitative estimate of drug-likeness (QED) is 0.806. The van der Waals surface area contributed by atoms with Crippen LogP contribution in [0.1, 0.15) is 17.3 Å². The molecule has 1 amide bonds. The van der Waals surface area contributed by atoms with Gasteiger partial charge in [-0.1, -0.05) is 0 Å². The van der Waals surface area contributed by atoms with Gasteiger partial charge >= 0.3 is 5.97 Å². The Morgan fingerprint density at radius 3 is 2.58 bits per heavy atom. The molecule has 0 aliphatic heterocycles. The van der Waals surface area contributed by atoms with Crippen LogP contribution in [0.2, 0.25) is 0 Å².